The molecule has 2 aromatic rings. The molecule has 1 N–H and O–H groups in total. The fourth-order valence-electron chi connectivity index (χ4n) is 5.09. The van der Waals surface area contributed by atoms with E-state index in [4.69, 9.17) is 4.98 Å². The van der Waals surface area contributed by atoms with Crippen LogP contribution in [0.1, 0.15) is 37.6 Å². The molecule has 2 aromatic heterocycles. The van der Waals surface area contributed by atoms with Crippen LogP contribution in [0.2, 0.25) is 0 Å². The summed E-state index contributed by atoms with van der Waals surface area (Å²) in [6.07, 6.45) is 7.19. The summed E-state index contributed by atoms with van der Waals surface area (Å²) in [6.45, 7) is 6.47. The number of piperidine rings is 1. The summed E-state index contributed by atoms with van der Waals surface area (Å²) in [4.78, 5) is 17.8. The van der Waals surface area contributed by atoms with Crippen LogP contribution >= 0.6 is 0 Å². The maximum absolute atomic E-state index is 13.0. The SMILES string of the molecule is Cc1cccn2c(C(C)(CC(=O)C3[C@H]4CNC[C@@H]34)C3CC3)ncc12. The van der Waals surface area contributed by atoms with Crippen molar-refractivity contribution >= 4 is 11.3 Å². The molecule has 0 radical (unpaired) electrons. The molecule has 2 aliphatic carbocycles. The Kier molecular flexibility index (Phi) is 3.00. The molecule has 1 saturated heterocycles. The second-order valence-electron chi connectivity index (χ2n) is 8.37. The van der Waals surface area contributed by atoms with Gasteiger partial charge in [-0.25, -0.2) is 4.98 Å². The molecular weight excluding hydrogens is 298 g/mol. The molecule has 0 amide bonds. The van der Waals surface area contributed by atoms with Gasteiger partial charge in [0.05, 0.1) is 11.7 Å². The summed E-state index contributed by atoms with van der Waals surface area (Å²) in [5.41, 5.74) is 2.28. The number of hydrogen-bond donors (Lipinski definition) is 1. The lowest BCUT2D eigenvalue weighted by molar-refractivity contribution is -0.122. The maximum atomic E-state index is 13.0. The van der Waals surface area contributed by atoms with Gasteiger partial charge in [-0.1, -0.05) is 13.0 Å². The summed E-state index contributed by atoms with van der Waals surface area (Å²) >= 11 is 0. The van der Waals surface area contributed by atoms with E-state index in [0.29, 0.717) is 35.9 Å². The van der Waals surface area contributed by atoms with Gasteiger partial charge in [-0.05, 0) is 62.2 Å². The molecule has 3 fully saturated rings. The third-order valence-electron chi connectivity index (χ3n) is 6.78. The van der Waals surface area contributed by atoms with E-state index in [1.54, 1.807) is 0 Å². The van der Waals surface area contributed by atoms with Crippen molar-refractivity contribution in [2.24, 2.45) is 23.7 Å². The average molecular weight is 323 g/mol. The standard InChI is InChI=1S/C20H25N3O/c1-12-4-3-7-23-16(12)11-22-19(23)20(2,13-5-6-13)8-17(24)18-14-9-21-10-15(14)18/h3-4,7,11,13-15,18,21H,5-6,8-10H2,1-2H3/t14-,15+,18?,20?. The van der Waals surface area contributed by atoms with Gasteiger partial charge in [0.15, 0.2) is 0 Å². The largest absolute Gasteiger partial charge is 0.316 e. The van der Waals surface area contributed by atoms with Gasteiger partial charge in [0.2, 0.25) is 0 Å². The second-order valence-corrected chi connectivity index (χ2v) is 8.37. The van der Waals surface area contributed by atoms with Crippen molar-refractivity contribution in [2.75, 3.05) is 13.1 Å². The number of nitrogens with one attached hydrogen (secondary N) is 1. The van der Waals surface area contributed by atoms with Crippen molar-refractivity contribution in [1.82, 2.24) is 14.7 Å². The minimum Gasteiger partial charge on any atom is -0.316 e. The minimum absolute atomic E-state index is 0.123. The number of hydrogen-bond acceptors (Lipinski definition) is 3. The van der Waals surface area contributed by atoms with Crippen molar-refractivity contribution in [1.29, 1.82) is 0 Å². The summed E-state index contributed by atoms with van der Waals surface area (Å²) in [5, 5.41) is 3.39. The zero-order valence-electron chi connectivity index (χ0n) is 14.5. The highest BCUT2D eigenvalue weighted by molar-refractivity contribution is 5.86. The fraction of sp³-hybridized carbons (Fsp3) is 0.600. The van der Waals surface area contributed by atoms with Crippen LogP contribution in [0.4, 0.5) is 0 Å². The first-order valence-electron chi connectivity index (χ1n) is 9.26. The van der Waals surface area contributed by atoms with Gasteiger partial charge < -0.3 is 9.72 Å². The molecule has 5 rings (SSSR count). The van der Waals surface area contributed by atoms with E-state index in [1.165, 1.54) is 23.9 Å². The van der Waals surface area contributed by atoms with Crippen LogP contribution in [-0.2, 0) is 10.2 Å². The zero-order valence-corrected chi connectivity index (χ0v) is 14.5. The van der Waals surface area contributed by atoms with Crippen LogP contribution in [0.3, 0.4) is 0 Å². The highest BCUT2D eigenvalue weighted by Gasteiger charge is 2.58. The first-order valence-corrected chi connectivity index (χ1v) is 9.26. The Hall–Kier alpha value is -1.68. The molecule has 24 heavy (non-hydrogen) atoms. The minimum atomic E-state index is -0.123. The molecule has 0 bridgehead atoms. The predicted octanol–water partition coefficient (Wildman–Crippen LogP) is 2.74. The summed E-state index contributed by atoms with van der Waals surface area (Å²) in [6, 6.07) is 4.21. The van der Waals surface area contributed by atoms with Gasteiger partial charge in [0.1, 0.15) is 11.6 Å². The molecule has 2 saturated carbocycles. The van der Waals surface area contributed by atoms with Gasteiger partial charge >= 0.3 is 0 Å². The van der Waals surface area contributed by atoms with Gasteiger partial charge in [0.25, 0.3) is 0 Å². The number of pyridine rings is 1. The topological polar surface area (TPSA) is 46.4 Å². The Balaban J connectivity index is 1.49. The molecule has 4 heteroatoms. The molecular formula is C20H25N3O. The number of imidazole rings is 1. The molecule has 4 nitrogen and oxygen atoms in total. The summed E-state index contributed by atoms with van der Waals surface area (Å²) in [5.74, 6) is 3.70. The van der Waals surface area contributed by atoms with Crippen LogP contribution in [0.5, 0.6) is 0 Å². The highest BCUT2D eigenvalue weighted by atomic mass is 16.1. The van der Waals surface area contributed by atoms with Gasteiger partial charge in [-0.15, -0.1) is 0 Å². The van der Waals surface area contributed by atoms with Crippen LogP contribution in [0.15, 0.2) is 24.5 Å². The Bertz CT molecular complexity index is 811. The highest BCUT2D eigenvalue weighted by Crippen LogP contribution is 2.54. The lowest BCUT2D eigenvalue weighted by Crippen LogP contribution is -2.32. The van der Waals surface area contributed by atoms with Crippen LogP contribution in [-0.4, -0.2) is 28.3 Å². The first-order chi connectivity index (χ1) is 11.6. The third kappa shape index (κ3) is 2.02. The Morgan fingerprint density at radius 2 is 2.12 bits per heavy atom. The lowest BCUT2D eigenvalue weighted by Gasteiger charge is -2.28. The van der Waals surface area contributed by atoms with Crippen LogP contribution < -0.4 is 5.32 Å². The Morgan fingerprint density at radius 1 is 1.38 bits per heavy atom. The molecule has 2 unspecified atom stereocenters. The van der Waals surface area contributed by atoms with E-state index in [2.05, 4.69) is 41.9 Å². The van der Waals surface area contributed by atoms with Crippen LogP contribution in [0, 0.1) is 30.6 Å². The monoisotopic (exact) mass is 323 g/mol. The van der Waals surface area contributed by atoms with E-state index < -0.39 is 0 Å². The first kappa shape index (κ1) is 14.6. The smallest absolute Gasteiger partial charge is 0.137 e. The second kappa shape index (κ2) is 4.92. The van der Waals surface area contributed by atoms with Crippen molar-refractivity contribution in [3.8, 4) is 0 Å². The number of aromatic nitrogens is 2. The number of Topliss-reactive ketones (excluding diaryl/α,β-unsaturated/α-hetero) is 1. The number of carbonyl (C=O) groups excluding carboxylic acids is 1. The molecule has 126 valence electrons. The zero-order chi connectivity index (χ0) is 16.5. The molecule has 1 aliphatic heterocycles. The van der Waals surface area contributed by atoms with E-state index in [1.807, 2.05) is 6.20 Å². The molecule has 0 aromatic carbocycles. The number of nitrogens with zero attached hydrogens (tertiary/aromatic N) is 2. The number of carbonyl (C=O) groups is 1. The van der Waals surface area contributed by atoms with E-state index in [9.17, 15) is 4.79 Å². The molecule has 0 spiro atoms. The quantitative estimate of drug-likeness (QED) is 0.920. The van der Waals surface area contributed by atoms with E-state index in [-0.39, 0.29) is 5.41 Å². The Morgan fingerprint density at radius 3 is 2.83 bits per heavy atom. The number of aryl methyl sites for hydroxylation is 1. The van der Waals surface area contributed by atoms with Gasteiger partial charge in [0, 0.05) is 24.0 Å². The molecule has 3 heterocycles. The van der Waals surface area contributed by atoms with Crippen LogP contribution in [0.25, 0.3) is 5.52 Å². The molecule has 4 atom stereocenters. The van der Waals surface area contributed by atoms with Gasteiger partial charge in [-0.2, -0.15) is 0 Å². The normalized spacial score (nSPS) is 31.0. The van der Waals surface area contributed by atoms with Crippen molar-refractivity contribution < 1.29 is 4.79 Å². The number of fused-ring (bicyclic) bond motifs is 2. The molecule has 3 aliphatic rings. The van der Waals surface area contributed by atoms with Crippen molar-refractivity contribution in [3.05, 3.63) is 35.9 Å². The van der Waals surface area contributed by atoms with Gasteiger partial charge in [-0.3, -0.25) is 4.79 Å². The average Bonchev–Trinajstić information content (AvgIpc) is 3.44. The summed E-state index contributed by atoms with van der Waals surface area (Å²) in [7, 11) is 0. The van der Waals surface area contributed by atoms with E-state index in [0.717, 1.165) is 18.9 Å². The third-order valence-corrected chi connectivity index (χ3v) is 6.78. The predicted molar refractivity (Wildman–Crippen MR) is 93.0 cm³/mol. The Labute approximate surface area is 142 Å². The summed E-state index contributed by atoms with van der Waals surface area (Å²) < 4.78 is 2.22. The maximum Gasteiger partial charge on any atom is 0.137 e. The fourth-order valence-corrected chi connectivity index (χ4v) is 5.09. The number of rotatable bonds is 5. The number of ketones is 1. The van der Waals surface area contributed by atoms with Crippen molar-refractivity contribution in [2.45, 2.75) is 38.5 Å². The van der Waals surface area contributed by atoms with Crippen molar-refractivity contribution in [3.63, 3.8) is 0 Å². The lowest BCUT2D eigenvalue weighted by atomic mass is 9.78. The van der Waals surface area contributed by atoms with E-state index >= 15 is 0 Å².